The van der Waals surface area contributed by atoms with Crippen LogP contribution in [0.3, 0.4) is 0 Å². The van der Waals surface area contributed by atoms with Gasteiger partial charge in [0.2, 0.25) is 0 Å². The lowest BCUT2D eigenvalue weighted by molar-refractivity contribution is 0.600. The van der Waals surface area contributed by atoms with E-state index in [1.165, 1.54) is 41.6 Å². The summed E-state index contributed by atoms with van der Waals surface area (Å²) in [7, 11) is 0. The van der Waals surface area contributed by atoms with Gasteiger partial charge in [0.05, 0.1) is 6.04 Å². The first-order valence-corrected chi connectivity index (χ1v) is 7.64. The Bertz CT molecular complexity index is 592. The molecule has 98 valence electrons. The Kier molecular flexibility index (Phi) is 3.61. The van der Waals surface area contributed by atoms with Gasteiger partial charge >= 0.3 is 0 Å². The molecule has 2 aromatic carbocycles. The maximum absolute atomic E-state index is 3.71. The summed E-state index contributed by atoms with van der Waals surface area (Å²) < 4.78 is 1.14. The minimum Gasteiger partial charge on any atom is -0.378 e. The van der Waals surface area contributed by atoms with Crippen LogP contribution < -0.4 is 5.32 Å². The molecule has 0 aromatic heterocycles. The molecule has 0 bridgehead atoms. The van der Waals surface area contributed by atoms with Gasteiger partial charge in [-0.05, 0) is 61.1 Å². The molecule has 3 rings (SSSR count). The Balaban J connectivity index is 1.88. The number of benzene rings is 2. The summed E-state index contributed by atoms with van der Waals surface area (Å²) in [5.74, 6) is 0. The maximum atomic E-state index is 3.71. The number of aryl methyl sites for hydroxylation is 2. The minimum absolute atomic E-state index is 0.449. The summed E-state index contributed by atoms with van der Waals surface area (Å²) in [5, 5.41) is 3.71. The molecule has 0 radical (unpaired) electrons. The molecule has 1 nitrogen and oxygen atoms in total. The lowest BCUT2D eigenvalue weighted by Crippen LogP contribution is -2.17. The quantitative estimate of drug-likeness (QED) is 0.798. The van der Waals surface area contributed by atoms with Crippen molar-refractivity contribution in [2.45, 2.75) is 32.2 Å². The number of halogens is 1. The summed E-state index contributed by atoms with van der Waals surface area (Å²) >= 11 is 3.52. The molecule has 1 unspecified atom stereocenters. The highest BCUT2D eigenvalue weighted by molar-refractivity contribution is 9.10. The Morgan fingerprint density at radius 2 is 2.00 bits per heavy atom. The first-order chi connectivity index (χ1) is 9.24. The van der Waals surface area contributed by atoms with Gasteiger partial charge in [0.1, 0.15) is 0 Å². The van der Waals surface area contributed by atoms with E-state index in [1.54, 1.807) is 0 Å². The molecule has 0 spiro atoms. The summed E-state index contributed by atoms with van der Waals surface area (Å²) in [6.45, 7) is 2.15. The fraction of sp³-hybridized carbons (Fsp3) is 0.294. The van der Waals surface area contributed by atoms with E-state index >= 15 is 0 Å². The molecule has 0 saturated heterocycles. The minimum atomic E-state index is 0.449. The number of rotatable bonds is 2. The summed E-state index contributed by atoms with van der Waals surface area (Å²) in [4.78, 5) is 0. The van der Waals surface area contributed by atoms with Crippen LogP contribution in [-0.4, -0.2) is 0 Å². The van der Waals surface area contributed by atoms with Crippen molar-refractivity contribution in [2.24, 2.45) is 0 Å². The molecule has 1 aliphatic rings. The van der Waals surface area contributed by atoms with Crippen molar-refractivity contribution in [1.29, 1.82) is 0 Å². The monoisotopic (exact) mass is 315 g/mol. The fourth-order valence-electron chi connectivity index (χ4n) is 2.88. The molecule has 2 heteroatoms. The maximum Gasteiger partial charge on any atom is 0.0516 e. The average molecular weight is 316 g/mol. The zero-order valence-corrected chi connectivity index (χ0v) is 12.7. The largest absolute Gasteiger partial charge is 0.378 e. The van der Waals surface area contributed by atoms with Crippen molar-refractivity contribution in [2.75, 3.05) is 5.32 Å². The van der Waals surface area contributed by atoms with E-state index in [9.17, 15) is 0 Å². The zero-order valence-electron chi connectivity index (χ0n) is 11.1. The second-order valence-electron chi connectivity index (χ2n) is 5.25. The number of hydrogen-bond acceptors (Lipinski definition) is 1. The van der Waals surface area contributed by atoms with E-state index in [-0.39, 0.29) is 0 Å². The first kappa shape index (κ1) is 12.7. The lowest BCUT2D eigenvalue weighted by atomic mass is 9.87. The molecule has 19 heavy (non-hydrogen) atoms. The smallest absolute Gasteiger partial charge is 0.0516 e. The van der Waals surface area contributed by atoms with Crippen LogP contribution in [0.5, 0.6) is 0 Å². The van der Waals surface area contributed by atoms with Crippen molar-refractivity contribution in [3.63, 3.8) is 0 Å². The standard InChI is InChI=1S/C17H18BrN/c1-12-11-14(18)9-10-16(12)19-17-8-4-6-13-5-2-3-7-15(13)17/h2-3,5,7,9-11,17,19H,4,6,8H2,1H3. The van der Waals surface area contributed by atoms with Gasteiger partial charge in [-0.15, -0.1) is 0 Å². The molecular formula is C17H18BrN. The van der Waals surface area contributed by atoms with Crippen molar-refractivity contribution in [1.82, 2.24) is 0 Å². The predicted octanol–water partition coefficient (Wildman–Crippen LogP) is 5.25. The highest BCUT2D eigenvalue weighted by Gasteiger charge is 2.19. The second-order valence-corrected chi connectivity index (χ2v) is 6.16. The van der Waals surface area contributed by atoms with Gasteiger partial charge in [0.25, 0.3) is 0 Å². The van der Waals surface area contributed by atoms with Crippen LogP contribution in [0.25, 0.3) is 0 Å². The van der Waals surface area contributed by atoms with Crippen LogP contribution in [0.2, 0.25) is 0 Å². The first-order valence-electron chi connectivity index (χ1n) is 6.84. The average Bonchev–Trinajstić information content (AvgIpc) is 2.42. The Labute approximate surface area is 123 Å². The topological polar surface area (TPSA) is 12.0 Å². The highest BCUT2D eigenvalue weighted by Crippen LogP contribution is 2.33. The predicted molar refractivity (Wildman–Crippen MR) is 84.6 cm³/mol. The van der Waals surface area contributed by atoms with Gasteiger partial charge in [-0.2, -0.15) is 0 Å². The Hall–Kier alpha value is -1.28. The van der Waals surface area contributed by atoms with Gasteiger partial charge in [0, 0.05) is 10.2 Å². The Morgan fingerprint density at radius 3 is 2.84 bits per heavy atom. The molecule has 0 saturated carbocycles. The van der Waals surface area contributed by atoms with E-state index in [4.69, 9.17) is 0 Å². The van der Waals surface area contributed by atoms with Gasteiger partial charge in [-0.3, -0.25) is 0 Å². The molecular weight excluding hydrogens is 298 g/mol. The van der Waals surface area contributed by atoms with Crippen LogP contribution in [0.1, 0.15) is 35.6 Å². The van der Waals surface area contributed by atoms with E-state index < -0.39 is 0 Å². The van der Waals surface area contributed by atoms with Crippen LogP contribution in [0, 0.1) is 6.92 Å². The van der Waals surface area contributed by atoms with Gasteiger partial charge in [-0.1, -0.05) is 40.2 Å². The molecule has 1 aliphatic carbocycles. The van der Waals surface area contributed by atoms with Gasteiger partial charge in [-0.25, -0.2) is 0 Å². The van der Waals surface area contributed by atoms with Crippen molar-refractivity contribution < 1.29 is 0 Å². The van der Waals surface area contributed by atoms with Gasteiger partial charge < -0.3 is 5.32 Å². The van der Waals surface area contributed by atoms with Gasteiger partial charge in [0.15, 0.2) is 0 Å². The molecule has 0 aliphatic heterocycles. The fourth-order valence-corrected chi connectivity index (χ4v) is 3.36. The van der Waals surface area contributed by atoms with Crippen LogP contribution in [-0.2, 0) is 6.42 Å². The molecule has 1 N–H and O–H groups in total. The summed E-state index contributed by atoms with van der Waals surface area (Å²) in [5.41, 5.74) is 5.50. The molecule has 1 atom stereocenters. The number of fused-ring (bicyclic) bond motifs is 1. The summed E-state index contributed by atoms with van der Waals surface area (Å²) in [6, 6.07) is 15.7. The molecule has 0 fully saturated rings. The highest BCUT2D eigenvalue weighted by atomic mass is 79.9. The third kappa shape index (κ3) is 2.69. The molecule has 2 aromatic rings. The van der Waals surface area contributed by atoms with E-state index in [1.807, 2.05) is 0 Å². The number of anilines is 1. The second kappa shape index (κ2) is 5.38. The van der Waals surface area contributed by atoms with E-state index in [0.717, 1.165) is 4.47 Å². The third-order valence-electron chi connectivity index (χ3n) is 3.89. The van der Waals surface area contributed by atoms with Crippen molar-refractivity contribution in [3.05, 3.63) is 63.6 Å². The lowest BCUT2D eigenvalue weighted by Gasteiger charge is -2.28. The third-order valence-corrected chi connectivity index (χ3v) is 4.38. The van der Waals surface area contributed by atoms with Crippen LogP contribution in [0.4, 0.5) is 5.69 Å². The summed E-state index contributed by atoms with van der Waals surface area (Å²) in [6.07, 6.45) is 3.70. The number of nitrogens with one attached hydrogen (secondary N) is 1. The van der Waals surface area contributed by atoms with E-state index in [2.05, 4.69) is 70.6 Å². The van der Waals surface area contributed by atoms with Crippen molar-refractivity contribution in [3.8, 4) is 0 Å². The van der Waals surface area contributed by atoms with Crippen molar-refractivity contribution >= 4 is 21.6 Å². The van der Waals surface area contributed by atoms with E-state index in [0.29, 0.717) is 6.04 Å². The number of hydrogen-bond donors (Lipinski definition) is 1. The zero-order chi connectivity index (χ0) is 13.2. The SMILES string of the molecule is Cc1cc(Br)ccc1NC1CCCc2ccccc21. The Morgan fingerprint density at radius 1 is 1.16 bits per heavy atom. The van der Waals surface area contributed by atoms with Crippen LogP contribution >= 0.6 is 15.9 Å². The van der Waals surface area contributed by atoms with Crippen LogP contribution in [0.15, 0.2) is 46.9 Å². The molecule has 0 heterocycles. The molecule has 0 amide bonds. The normalized spacial score (nSPS) is 17.9.